The lowest BCUT2D eigenvalue weighted by Gasteiger charge is -2.00. The highest BCUT2D eigenvalue weighted by molar-refractivity contribution is 5.91. The number of amides is 1. The number of nitrogens with one attached hydrogen (secondary N) is 1. The van der Waals surface area contributed by atoms with Crippen molar-refractivity contribution in [3.05, 3.63) is 83.7 Å². The molecule has 0 unspecified atom stereocenters. The molecule has 0 aliphatic carbocycles. The van der Waals surface area contributed by atoms with Crippen molar-refractivity contribution in [2.45, 2.75) is 13.0 Å². The van der Waals surface area contributed by atoms with E-state index in [1.807, 2.05) is 42.5 Å². The van der Waals surface area contributed by atoms with E-state index in [4.69, 9.17) is 8.83 Å². The molecule has 0 aliphatic heterocycles. The van der Waals surface area contributed by atoms with Gasteiger partial charge in [-0.25, -0.2) is 0 Å². The third-order valence-corrected chi connectivity index (χ3v) is 3.11. The molecule has 4 heteroatoms. The van der Waals surface area contributed by atoms with Gasteiger partial charge in [0.25, 0.3) is 5.91 Å². The summed E-state index contributed by atoms with van der Waals surface area (Å²) in [6.07, 6.45) is 2.25. The fraction of sp³-hybridized carbons (Fsp3) is 0.118. The molecule has 21 heavy (non-hydrogen) atoms. The molecule has 0 aliphatic rings. The summed E-state index contributed by atoms with van der Waals surface area (Å²) >= 11 is 0. The zero-order valence-electron chi connectivity index (χ0n) is 11.4. The Labute approximate surface area is 122 Å². The lowest BCUT2D eigenvalue weighted by Crippen LogP contribution is -2.21. The molecule has 0 spiro atoms. The van der Waals surface area contributed by atoms with Gasteiger partial charge < -0.3 is 14.2 Å². The van der Waals surface area contributed by atoms with E-state index in [1.54, 1.807) is 18.4 Å². The first-order chi connectivity index (χ1) is 10.3. The summed E-state index contributed by atoms with van der Waals surface area (Å²) in [6, 6.07) is 17.1. The highest BCUT2D eigenvalue weighted by Crippen LogP contribution is 2.13. The topological polar surface area (TPSA) is 55.4 Å². The molecule has 3 rings (SSSR count). The van der Waals surface area contributed by atoms with Gasteiger partial charge in [-0.05, 0) is 29.8 Å². The summed E-state index contributed by atoms with van der Waals surface area (Å²) in [5, 5.41) is 2.75. The third kappa shape index (κ3) is 3.42. The van der Waals surface area contributed by atoms with E-state index in [-0.39, 0.29) is 5.91 Å². The van der Waals surface area contributed by atoms with Gasteiger partial charge in [0.2, 0.25) is 0 Å². The molecule has 0 bridgehead atoms. The van der Waals surface area contributed by atoms with Gasteiger partial charge in [-0.3, -0.25) is 4.79 Å². The summed E-state index contributed by atoms with van der Waals surface area (Å²) < 4.78 is 10.7. The van der Waals surface area contributed by atoms with E-state index in [1.165, 1.54) is 0 Å². The molecule has 2 aromatic heterocycles. The van der Waals surface area contributed by atoms with E-state index in [9.17, 15) is 4.79 Å². The standard InChI is InChI=1S/C17H15NO3/c19-17(18-12-15-7-4-10-20-15)16-9-8-14(21-16)11-13-5-2-1-3-6-13/h1-10H,11-12H2,(H,18,19). The Hall–Kier alpha value is -2.75. The van der Waals surface area contributed by atoms with Crippen LogP contribution in [0.5, 0.6) is 0 Å². The molecular formula is C17H15NO3. The average Bonchev–Trinajstić information content (AvgIpc) is 3.17. The minimum absolute atomic E-state index is 0.245. The molecule has 0 fully saturated rings. The largest absolute Gasteiger partial charge is 0.467 e. The molecule has 1 amide bonds. The van der Waals surface area contributed by atoms with Crippen molar-refractivity contribution < 1.29 is 13.6 Å². The van der Waals surface area contributed by atoms with Crippen molar-refractivity contribution >= 4 is 5.91 Å². The van der Waals surface area contributed by atoms with Crippen LogP contribution in [0.4, 0.5) is 0 Å². The van der Waals surface area contributed by atoms with Crippen molar-refractivity contribution in [2.24, 2.45) is 0 Å². The number of carbonyl (C=O) groups is 1. The second kappa shape index (κ2) is 6.13. The van der Waals surface area contributed by atoms with Crippen molar-refractivity contribution in [2.75, 3.05) is 0 Å². The van der Waals surface area contributed by atoms with Crippen molar-refractivity contribution in [3.8, 4) is 0 Å². The number of hydrogen-bond donors (Lipinski definition) is 1. The van der Waals surface area contributed by atoms with Crippen molar-refractivity contribution in [3.63, 3.8) is 0 Å². The van der Waals surface area contributed by atoms with Crippen LogP contribution in [0.25, 0.3) is 0 Å². The second-order valence-electron chi connectivity index (χ2n) is 4.69. The first-order valence-electron chi connectivity index (χ1n) is 6.74. The summed E-state index contributed by atoms with van der Waals surface area (Å²) in [7, 11) is 0. The summed E-state index contributed by atoms with van der Waals surface area (Å²) in [5.74, 6) is 1.54. The van der Waals surface area contributed by atoms with Crippen LogP contribution in [0.15, 0.2) is 69.7 Å². The number of furan rings is 2. The van der Waals surface area contributed by atoms with E-state index in [0.29, 0.717) is 24.5 Å². The fourth-order valence-corrected chi connectivity index (χ4v) is 2.06. The zero-order valence-corrected chi connectivity index (χ0v) is 11.4. The van der Waals surface area contributed by atoms with Gasteiger partial charge in [0, 0.05) is 6.42 Å². The predicted octanol–water partition coefficient (Wildman–Crippen LogP) is 3.39. The Bertz CT molecular complexity index is 699. The van der Waals surface area contributed by atoms with Crippen LogP contribution in [0.1, 0.15) is 27.6 Å². The minimum atomic E-state index is -0.245. The zero-order chi connectivity index (χ0) is 14.5. The predicted molar refractivity (Wildman–Crippen MR) is 77.8 cm³/mol. The summed E-state index contributed by atoms with van der Waals surface area (Å²) in [4.78, 5) is 12.0. The highest BCUT2D eigenvalue weighted by atomic mass is 16.4. The van der Waals surface area contributed by atoms with Crippen LogP contribution in [-0.4, -0.2) is 5.91 Å². The molecule has 3 aromatic rings. The normalized spacial score (nSPS) is 10.5. The third-order valence-electron chi connectivity index (χ3n) is 3.11. The fourth-order valence-electron chi connectivity index (χ4n) is 2.06. The lowest BCUT2D eigenvalue weighted by atomic mass is 10.1. The lowest BCUT2D eigenvalue weighted by molar-refractivity contribution is 0.0918. The van der Waals surface area contributed by atoms with Gasteiger partial charge in [-0.1, -0.05) is 30.3 Å². The minimum Gasteiger partial charge on any atom is -0.467 e. The maximum atomic E-state index is 12.0. The Balaban J connectivity index is 1.60. The molecule has 1 N–H and O–H groups in total. The summed E-state index contributed by atoms with van der Waals surface area (Å²) in [5.41, 5.74) is 1.15. The molecule has 4 nitrogen and oxygen atoms in total. The highest BCUT2D eigenvalue weighted by Gasteiger charge is 2.11. The Kier molecular flexibility index (Phi) is 3.87. The number of hydrogen-bond acceptors (Lipinski definition) is 3. The molecule has 2 heterocycles. The maximum absolute atomic E-state index is 12.0. The van der Waals surface area contributed by atoms with Gasteiger partial charge in [0.05, 0.1) is 12.8 Å². The van der Waals surface area contributed by atoms with Gasteiger partial charge in [-0.2, -0.15) is 0 Å². The second-order valence-corrected chi connectivity index (χ2v) is 4.69. The SMILES string of the molecule is O=C(NCc1ccco1)c1ccc(Cc2ccccc2)o1. The van der Waals surface area contributed by atoms with Crippen LogP contribution in [0.3, 0.4) is 0 Å². The molecule has 0 radical (unpaired) electrons. The van der Waals surface area contributed by atoms with Crippen LogP contribution < -0.4 is 5.32 Å². The summed E-state index contributed by atoms with van der Waals surface area (Å²) in [6.45, 7) is 0.348. The average molecular weight is 281 g/mol. The van der Waals surface area contributed by atoms with E-state index in [2.05, 4.69) is 5.32 Å². The van der Waals surface area contributed by atoms with Gasteiger partial charge >= 0.3 is 0 Å². The monoisotopic (exact) mass is 281 g/mol. The first kappa shape index (κ1) is 13.2. The van der Waals surface area contributed by atoms with Crippen molar-refractivity contribution in [1.29, 1.82) is 0 Å². The smallest absolute Gasteiger partial charge is 0.287 e. The van der Waals surface area contributed by atoms with Crippen LogP contribution in [-0.2, 0) is 13.0 Å². The molecule has 0 saturated carbocycles. The number of rotatable bonds is 5. The molecule has 1 aromatic carbocycles. The Morgan fingerprint density at radius 1 is 0.952 bits per heavy atom. The quantitative estimate of drug-likeness (QED) is 0.780. The van der Waals surface area contributed by atoms with E-state index in [0.717, 1.165) is 11.3 Å². The Morgan fingerprint density at radius 3 is 2.57 bits per heavy atom. The molecule has 106 valence electrons. The number of benzene rings is 1. The van der Waals surface area contributed by atoms with Crippen LogP contribution >= 0.6 is 0 Å². The number of carbonyl (C=O) groups excluding carboxylic acids is 1. The first-order valence-corrected chi connectivity index (χ1v) is 6.74. The Morgan fingerprint density at radius 2 is 1.81 bits per heavy atom. The van der Waals surface area contributed by atoms with E-state index >= 15 is 0 Å². The molecular weight excluding hydrogens is 266 g/mol. The maximum Gasteiger partial charge on any atom is 0.287 e. The molecule has 0 saturated heterocycles. The van der Waals surface area contributed by atoms with Gasteiger partial charge in [-0.15, -0.1) is 0 Å². The van der Waals surface area contributed by atoms with Crippen LogP contribution in [0.2, 0.25) is 0 Å². The van der Waals surface area contributed by atoms with Gasteiger partial charge in [0.15, 0.2) is 5.76 Å². The van der Waals surface area contributed by atoms with Crippen LogP contribution in [0, 0.1) is 0 Å². The molecule has 0 atom stereocenters. The van der Waals surface area contributed by atoms with E-state index < -0.39 is 0 Å². The van der Waals surface area contributed by atoms with Gasteiger partial charge in [0.1, 0.15) is 11.5 Å². The van der Waals surface area contributed by atoms with Crippen molar-refractivity contribution in [1.82, 2.24) is 5.32 Å².